The lowest BCUT2D eigenvalue weighted by Gasteiger charge is -2.11. The molecule has 0 saturated carbocycles. The van der Waals surface area contributed by atoms with E-state index in [0.29, 0.717) is 5.11 Å². The molecule has 0 aliphatic carbocycles. The Morgan fingerprint density at radius 1 is 1.18 bits per heavy atom. The molecule has 2 aromatic rings. The standard InChI is InChI=1S/C16H16BrN3OS/c1-11(12-6-5-7-13(17)10-12)19-20-16(22)18-14-8-3-4-9-15(14)21-2/h3-10H,1-2H3,(H2,18,20,22)/b19-11-. The van der Waals surface area contributed by atoms with Gasteiger partial charge in [0.25, 0.3) is 0 Å². The first-order valence-electron chi connectivity index (χ1n) is 6.60. The minimum atomic E-state index is 0.402. The molecule has 22 heavy (non-hydrogen) atoms. The molecule has 0 amide bonds. The van der Waals surface area contributed by atoms with Gasteiger partial charge in [0.1, 0.15) is 5.75 Å². The van der Waals surface area contributed by atoms with Crippen LogP contribution >= 0.6 is 28.1 Å². The van der Waals surface area contributed by atoms with Crippen LogP contribution in [0.25, 0.3) is 0 Å². The molecular weight excluding hydrogens is 362 g/mol. The summed E-state index contributed by atoms with van der Waals surface area (Å²) in [7, 11) is 1.62. The fourth-order valence-corrected chi connectivity index (χ4v) is 2.37. The molecule has 0 fully saturated rings. The number of para-hydroxylation sites is 2. The molecular formula is C16H16BrN3OS. The molecule has 0 aliphatic rings. The van der Waals surface area contributed by atoms with Crippen LogP contribution < -0.4 is 15.5 Å². The van der Waals surface area contributed by atoms with E-state index in [1.165, 1.54) is 0 Å². The molecule has 2 rings (SSSR count). The summed E-state index contributed by atoms with van der Waals surface area (Å²) >= 11 is 8.69. The molecule has 0 saturated heterocycles. The largest absolute Gasteiger partial charge is 0.495 e. The van der Waals surface area contributed by atoms with Gasteiger partial charge in [-0.1, -0.05) is 40.2 Å². The molecule has 0 unspecified atom stereocenters. The minimum Gasteiger partial charge on any atom is -0.495 e. The van der Waals surface area contributed by atoms with Crippen molar-refractivity contribution < 1.29 is 4.74 Å². The molecule has 6 heteroatoms. The lowest BCUT2D eigenvalue weighted by atomic mass is 10.1. The van der Waals surface area contributed by atoms with Crippen LogP contribution in [0.4, 0.5) is 5.69 Å². The van der Waals surface area contributed by atoms with Gasteiger partial charge in [-0.25, -0.2) is 0 Å². The van der Waals surface area contributed by atoms with Crippen molar-refractivity contribution in [3.63, 3.8) is 0 Å². The Kier molecular flexibility index (Phi) is 5.91. The number of methoxy groups -OCH3 is 1. The third kappa shape index (κ3) is 4.54. The van der Waals surface area contributed by atoms with Gasteiger partial charge < -0.3 is 10.1 Å². The highest BCUT2D eigenvalue weighted by Gasteiger charge is 2.03. The zero-order valence-electron chi connectivity index (χ0n) is 12.3. The van der Waals surface area contributed by atoms with Crippen molar-refractivity contribution in [1.29, 1.82) is 0 Å². The van der Waals surface area contributed by atoms with Gasteiger partial charge in [0, 0.05) is 4.47 Å². The van der Waals surface area contributed by atoms with E-state index in [-0.39, 0.29) is 0 Å². The van der Waals surface area contributed by atoms with Crippen LogP contribution in [0.15, 0.2) is 58.1 Å². The van der Waals surface area contributed by atoms with E-state index in [1.54, 1.807) is 7.11 Å². The molecule has 0 aliphatic heterocycles. The number of ether oxygens (including phenoxy) is 1. The van der Waals surface area contributed by atoms with E-state index < -0.39 is 0 Å². The van der Waals surface area contributed by atoms with E-state index in [4.69, 9.17) is 17.0 Å². The Morgan fingerprint density at radius 3 is 2.68 bits per heavy atom. The molecule has 0 atom stereocenters. The van der Waals surface area contributed by atoms with Gasteiger partial charge in [0.2, 0.25) is 0 Å². The first-order chi connectivity index (χ1) is 10.6. The number of thiocarbonyl (C=S) groups is 1. The third-order valence-electron chi connectivity index (χ3n) is 2.92. The molecule has 4 nitrogen and oxygen atoms in total. The van der Waals surface area contributed by atoms with Gasteiger partial charge in [-0.05, 0) is 49.0 Å². The summed E-state index contributed by atoms with van der Waals surface area (Å²) in [6, 6.07) is 15.5. The predicted molar refractivity (Wildman–Crippen MR) is 98.7 cm³/mol. The van der Waals surface area contributed by atoms with Crippen molar-refractivity contribution in [3.05, 3.63) is 58.6 Å². The van der Waals surface area contributed by atoms with Crippen molar-refractivity contribution >= 4 is 44.7 Å². The van der Waals surface area contributed by atoms with E-state index in [2.05, 4.69) is 31.8 Å². The van der Waals surface area contributed by atoms with Gasteiger partial charge in [-0.3, -0.25) is 5.43 Å². The van der Waals surface area contributed by atoms with Crippen molar-refractivity contribution in [2.24, 2.45) is 5.10 Å². The lowest BCUT2D eigenvalue weighted by molar-refractivity contribution is 0.417. The fourth-order valence-electron chi connectivity index (χ4n) is 1.81. The third-order valence-corrected chi connectivity index (χ3v) is 3.61. The summed E-state index contributed by atoms with van der Waals surface area (Å²) in [6.07, 6.45) is 0. The van der Waals surface area contributed by atoms with Gasteiger partial charge in [-0.2, -0.15) is 5.10 Å². The highest BCUT2D eigenvalue weighted by atomic mass is 79.9. The molecule has 114 valence electrons. The highest BCUT2D eigenvalue weighted by Crippen LogP contribution is 2.22. The Morgan fingerprint density at radius 2 is 1.95 bits per heavy atom. The number of benzene rings is 2. The van der Waals surface area contributed by atoms with Crippen LogP contribution in [0.1, 0.15) is 12.5 Å². The Labute approximate surface area is 143 Å². The van der Waals surface area contributed by atoms with Crippen LogP contribution in [-0.4, -0.2) is 17.9 Å². The van der Waals surface area contributed by atoms with Crippen molar-refractivity contribution in [2.75, 3.05) is 12.4 Å². The van der Waals surface area contributed by atoms with E-state index in [1.807, 2.05) is 55.5 Å². The van der Waals surface area contributed by atoms with Crippen LogP contribution in [0.5, 0.6) is 5.75 Å². The topological polar surface area (TPSA) is 45.6 Å². The van der Waals surface area contributed by atoms with Crippen LogP contribution in [0.3, 0.4) is 0 Å². The fraction of sp³-hybridized carbons (Fsp3) is 0.125. The molecule has 2 aromatic carbocycles. The molecule has 0 bridgehead atoms. The number of nitrogens with zero attached hydrogens (tertiary/aromatic N) is 1. The van der Waals surface area contributed by atoms with Gasteiger partial charge in [-0.15, -0.1) is 0 Å². The SMILES string of the molecule is COc1ccccc1NC(=S)N/N=C(/C)c1cccc(Br)c1. The maximum atomic E-state index is 5.26. The molecule has 0 heterocycles. The first-order valence-corrected chi connectivity index (χ1v) is 7.80. The average Bonchev–Trinajstić information content (AvgIpc) is 2.53. The normalized spacial score (nSPS) is 11.0. The summed E-state index contributed by atoms with van der Waals surface area (Å²) in [5, 5.41) is 7.75. The van der Waals surface area contributed by atoms with E-state index in [0.717, 1.165) is 27.2 Å². The number of hydrazone groups is 1. The number of rotatable bonds is 4. The second-order valence-electron chi connectivity index (χ2n) is 4.47. The van der Waals surface area contributed by atoms with Crippen LogP contribution in [0.2, 0.25) is 0 Å². The summed E-state index contributed by atoms with van der Waals surface area (Å²) in [4.78, 5) is 0. The number of nitrogens with one attached hydrogen (secondary N) is 2. The summed E-state index contributed by atoms with van der Waals surface area (Å²) < 4.78 is 6.27. The monoisotopic (exact) mass is 377 g/mol. The number of anilines is 1. The number of hydrogen-bond donors (Lipinski definition) is 2. The average molecular weight is 378 g/mol. The second kappa shape index (κ2) is 7.91. The number of halogens is 1. The molecule has 0 aromatic heterocycles. The van der Waals surface area contributed by atoms with Crippen LogP contribution in [0, 0.1) is 0 Å². The first kappa shape index (κ1) is 16.5. The highest BCUT2D eigenvalue weighted by molar-refractivity contribution is 9.10. The van der Waals surface area contributed by atoms with Gasteiger partial charge >= 0.3 is 0 Å². The second-order valence-corrected chi connectivity index (χ2v) is 5.80. The molecule has 0 spiro atoms. The number of hydrogen-bond acceptors (Lipinski definition) is 3. The Bertz CT molecular complexity index is 703. The van der Waals surface area contributed by atoms with Crippen molar-refractivity contribution in [2.45, 2.75) is 6.92 Å². The zero-order valence-corrected chi connectivity index (χ0v) is 14.7. The molecule has 2 N–H and O–H groups in total. The minimum absolute atomic E-state index is 0.402. The zero-order chi connectivity index (χ0) is 15.9. The Balaban J connectivity index is 2.01. The van der Waals surface area contributed by atoms with E-state index >= 15 is 0 Å². The van der Waals surface area contributed by atoms with Crippen molar-refractivity contribution in [1.82, 2.24) is 5.43 Å². The molecule has 0 radical (unpaired) electrons. The van der Waals surface area contributed by atoms with Gasteiger partial charge in [0.05, 0.1) is 18.5 Å². The van der Waals surface area contributed by atoms with Crippen LogP contribution in [-0.2, 0) is 0 Å². The quantitative estimate of drug-likeness (QED) is 0.476. The Hall–Kier alpha value is -1.92. The van der Waals surface area contributed by atoms with Gasteiger partial charge in [0.15, 0.2) is 5.11 Å². The summed E-state index contributed by atoms with van der Waals surface area (Å²) in [5.74, 6) is 0.722. The maximum absolute atomic E-state index is 5.26. The maximum Gasteiger partial charge on any atom is 0.191 e. The summed E-state index contributed by atoms with van der Waals surface area (Å²) in [6.45, 7) is 1.92. The smallest absolute Gasteiger partial charge is 0.191 e. The lowest BCUT2D eigenvalue weighted by Crippen LogP contribution is -2.25. The predicted octanol–water partition coefficient (Wildman–Crippen LogP) is 4.17. The summed E-state index contributed by atoms with van der Waals surface area (Å²) in [5.41, 5.74) is 5.48. The van der Waals surface area contributed by atoms with Crippen molar-refractivity contribution in [3.8, 4) is 5.75 Å². The van der Waals surface area contributed by atoms with E-state index in [9.17, 15) is 0 Å².